The minimum Gasteiger partial charge on any atom is -0.269 e. The van der Waals surface area contributed by atoms with Gasteiger partial charge in [-0.2, -0.15) is 11.6 Å². The fourth-order valence-electron chi connectivity index (χ4n) is 1.80. The van der Waals surface area contributed by atoms with Crippen LogP contribution < -0.4 is 0 Å². The molecular formula is C13H21Ce-. The summed E-state index contributed by atoms with van der Waals surface area (Å²) < 4.78 is 0. The topological polar surface area (TPSA) is 0 Å². The van der Waals surface area contributed by atoms with E-state index in [1.165, 1.54) is 11.1 Å². The third kappa shape index (κ3) is 3.46. The first-order valence-corrected chi connectivity index (χ1v) is 5.05. The molecule has 0 aromatic heterocycles. The van der Waals surface area contributed by atoms with Gasteiger partial charge in [-0.15, -0.1) is 6.42 Å². The predicted octanol–water partition coefficient (Wildman–Crippen LogP) is 4.14. The number of hydrogen-bond donors (Lipinski definition) is 0. The number of hydrogen-bond acceptors (Lipinski definition) is 0. The SMILES string of the molecule is CC(C)(C)C1=[C-]CC=C1C(C)(C)C.[Ce]. The Bertz CT molecular complexity index is 228. The molecule has 1 rings (SSSR count). The fourth-order valence-corrected chi connectivity index (χ4v) is 1.80. The molecule has 1 heteroatoms. The predicted molar refractivity (Wildman–Crippen MR) is 58.4 cm³/mol. The van der Waals surface area contributed by atoms with E-state index in [2.05, 4.69) is 53.7 Å². The quantitative estimate of drug-likeness (QED) is 0.589. The van der Waals surface area contributed by atoms with Gasteiger partial charge in [0.25, 0.3) is 0 Å². The molecule has 0 nitrogen and oxygen atoms in total. The fraction of sp³-hybridized carbons (Fsp3) is 0.692. The van der Waals surface area contributed by atoms with Crippen LogP contribution in [0.25, 0.3) is 0 Å². The maximum absolute atomic E-state index is 3.48. The van der Waals surface area contributed by atoms with E-state index in [9.17, 15) is 0 Å². The van der Waals surface area contributed by atoms with Crippen LogP contribution in [0.15, 0.2) is 17.2 Å². The Morgan fingerprint density at radius 2 is 1.50 bits per heavy atom. The minimum absolute atomic E-state index is 0. The molecule has 0 aromatic rings. The summed E-state index contributed by atoms with van der Waals surface area (Å²) in [5.74, 6) is 0. The number of allylic oxidation sites excluding steroid dienone is 4. The summed E-state index contributed by atoms with van der Waals surface area (Å²) in [6.07, 6.45) is 6.80. The van der Waals surface area contributed by atoms with Crippen molar-refractivity contribution in [2.24, 2.45) is 10.8 Å². The summed E-state index contributed by atoms with van der Waals surface area (Å²) in [6, 6.07) is 0. The normalized spacial score (nSPS) is 17.3. The van der Waals surface area contributed by atoms with Gasteiger partial charge in [0.15, 0.2) is 0 Å². The van der Waals surface area contributed by atoms with Crippen LogP contribution in [0.3, 0.4) is 0 Å². The molecule has 0 atom stereocenters. The van der Waals surface area contributed by atoms with E-state index in [4.69, 9.17) is 0 Å². The summed E-state index contributed by atoms with van der Waals surface area (Å²) in [4.78, 5) is 0. The molecule has 1 aliphatic carbocycles. The third-order valence-electron chi connectivity index (χ3n) is 2.41. The van der Waals surface area contributed by atoms with Crippen LogP contribution in [-0.2, 0) is 0 Å². The Morgan fingerprint density at radius 1 is 1.00 bits per heavy atom. The zero-order chi connectivity index (χ0) is 10.3. The van der Waals surface area contributed by atoms with E-state index < -0.39 is 0 Å². The van der Waals surface area contributed by atoms with Gasteiger partial charge in [0.2, 0.25) is 0 Å². The molecule has 0 radical (unpaired) electrons. The van der Waals surface area contributed by atoms with E-state index in [-0.39, 0.29) is 52.6 Å². The molecule has 0 aliphatic heterocycles. The van der Waals surface area contributed by atoms with Crippen molar-refractivity contribution in [1.29, 1.82) is 0 Å². The Balaban J connectivity index is 0.00000169. The molecule has 0 saturated heterocycles. The van der Waals surface area contributed by atoms with Crippen molar-refractivity contribution in [1.82, 2.24) is 0 Å². The van der Waals surface area contributed by atoms with Crippen LogP contribution in [0.1, 0.15) is 48.0 Å². The van der Waals surface area contributed by atoms with Gasteiger partial charge in [-0.05, 0) is 5.41 Å². The van der Waals surface area contributed by atoms with Crippen molar-refractivity contribution in [3.8, 4) is 0 Å². The molecule has 0 unspecified atom stereocenters. The van der Waals surface area contributed by atoms with Crippen LogP contribution in [-0.4, -0.2) is 0 Å². The minimum atomic E-state index is 0. The van der Waals surface area contributed by atoms with Gasteiger partial charge >= 0.3 is 0 Å². The van der Waals surface area contributed by atoms with E-state index >= 15 is 0 Å². The summed E-state index contributed by atoms with van der Waals surface area (Å²) in [5.41, 5.74) is 3.42. The first-order valence-electron chi connectivity index (χ1n) is 5.05. The van der Waals surface area contributed by atoms with E-state index in [1.54, 1.807) is 0 Å². The zero-order valence-corrected chi connectivity index (χ0v) is 13.4. The van der Waals surface area contributed by atoms with E-state index in [0.29, 0.717) is 0 Å². The van der Waals surface area contributed by atoms with Gasteiger partial charge in [-0.25, -0.2) is 5.57 Å². The van der Waals surface area contributed by atoms with Crippen molar-refractivity contribution in [3.63, 3.8) is 0 Å². The summed E-state index contributed by atoms with van der Waals surface area (Å²) >= 11 is 0. The van der Waals surface area contributed by atoms with Crippen LogP contribution in [0.2, 0.25) is 0 Å². The van der Waals surface area contributed by atoms with Gasteiger partial charge < -0.3 is 0 Å². The monoisotopic (exact) mass is 317 g/mol. The Labute approximate surface area is 123 Å². The maximum atomic E-state index is 3.48. The van der Waals surface area contributed by atoms with Gasteiger partial charge in [0, 0.05) is 41.7 Å². The molecule has 14 heavy (non-hydrogen) atoms. The Kier molecular flexibility index (Phi) is 5.09. The third-order valence-corrected chi connectivity index (χ3v) is 2.41. The van der Waals surface area contributed by atoms with Gasteiger partial charge in [-0.1, -0.05) is 47.0 Å². The van der Waals surface area contributed by atoms with E-state index in [1.807, 2.05) is 0 Å². The van der Waals surface area contributed by atoms with Crippen LogP contribution in [0.5, 0.6) is 0 Å². The molecule has 0 aromatic carbocycles. The standard InChI is InChI=1S/C13H21.Ce/c1-12(2,3)10-8-7-9-11(10)13(4,5)6;/h8H,7H2,1-6H3;/q-1;. The molecule has 0 bridgehead atoms. The van der Waals surface area contributed by atoms with Crippen LogP contribution in [0.4, 0.5) is 0 Å². The van der Waals surface area contributed by atoms with Crippen LogP contribution >= 0.6 is 0 Å². The smallest absolute Gasteiger partial charge is 0 e. The van der Waals surface area contributed by atoms with Gasteiger partial charge in [-0.3, -0.25) is 6.08 Å². The van der Waals surface area contributed by atoms with Crippen molar-refractivity contribution in [3.05, 3.63) is 23.3 Å². The van der Waals surface area contributed by atoms with Crippen molar-refractivity contribution >= 4 is 0 Å². The molecule has 0 heterocycles. The average molecular weight is 317 g/mol. The van der Waals surface area contributed by atoms with Gasteiger partial charge in [0.05, 0.1) is 0 Å². The first-order chi connectivity index (χ1) is 5.73. The largest absolute Gasteiger partial charge is 0.269 e. The Morgan fingerprint density at radius 3 is 1.79 bits per heavy atom. The molecule has 0 spiro atoms. The summed E-state index contributed by atoms with van der Waals surface area (Å²) in [7, 11) is 0. The first kappa shape index (κ1) is 14.9. The van der Waals surface area contributed by atoms with Crippen molar-refractivity contribution in [2.45, 2.75) is 48.0 Å². The second kappa shape index (κ2) is 4.79. The summed E-state index contributed by atoms with van der Waals surface area (Å²) in [5, 5.41) is 0. The second-order valence-electron chi connectivity index (χ2n) is 5.87. The average Bonchev–Trinajstić information content (AvgIpc) is 2.27. The summed E-state index contributed by atoms with van der Waals surface area (Å²) in [6.45, 7) is 13.6. The van der Waals surface area contributed by atoms with Crippen LogP contribution in [0, 0.1) is 58.7 Å². The molecule has 0 saturated carbocycles. The molecular weight excluding hydrogens is 296 g/mol. The van der Waals surface area contributed by atoms with Crippen molar-refractivity contribution in [2.75, 3.05) is 0 Å². The molecule has 78 valence electrons. The molecule has 0 amide bonds. The Hall–Kier alpha value is 0.857. The van der Waals surface area contributed by atoms with Crippen molar-refractivity contribution < 1.29 is 41.7 Å². The zero-order valence-electron chi connectivity index (χ0n) is 10.3. The second-order valence-corrected chi connectivity index (χ2v) is 5.87. The number of rotatable bonds is 0. The molecule has 0 fully saturated rings. The van der Waals surface area contributed by atoms with Gasteiger partial charge in [0.1, 0.15) is 0 Å². The van der Waals surface area contributed by atoms with E-state index in [0.717, 1.165) is 6.42 Å². The maximum Gasteiger partial charge on any atom is 0 e. The molecule has 0 N–H and O–H groups in total. The molecule has 1 aliphatic rings.